The highest BCUT2D eigenvalue weighted by Gasteiger charge is 2.70. The van der Waals surface area contributed by atoms with Gasteiger partial charge in [0, 0.05) is 12.3 Å². The highest BCUT2D eigenvalue weighted by molar-refractivity contribution is 5.76. The minimum Gasteiger partial charge on any atom is -0.481 e. The molecule has 0 aromatic carbocycles. The summed E-state index contributed by atoms with van der Waals surface area (Å²) in [5.74, 6) is -0.0381. The first-order valence-electron chi connectivity index (χ1n) is 14.8. The molecule has 5 rings (SSSR count). The Morgan fingerprint density at radius 2 is 1.62 bits per heavy atom. The molecule has 0 saturated heterocycles. The van der Waals surface area contributed by atoms with Gasteiger partial charge in [0.25, 0.3) is 0 Å². The summed E-state index contributed by atoms with van der Waals surface area (Å²) in [4.78, 5) is 25.2. The van der Waals surface area contributed by atoms with Gasteiger partial charge in [-0.1, -0.05) is 53.2 Å². The number of esters is 1. The molecule has 4 saturated carbocycles. The van der Waals surface area contributed by atoms with Crippen molar-refractivity contribution in [2.24, 2.45) is 50.2 Å². The molecule has 5 aliphatic rings. The number of aliphatic carboxylic acids is 1. The summed E-state index contributed by atoms with van der Waals surface area (Å²) in [7, 11) is 0. The normalized spacial score (nSPS) is 47.8. The Balaban J connectivity index is 1.66. The first kappa shape index (κ1) is 27.2. The van der Waals surface area contributed by atoms with Gasteiger partial charge in [-0.05, 0) is 104 Å². The number of ether oxygens (including phenoxy) is 1. The number of aliphatic hydroxyl groups is 1. The zero-order chi connectivity index (χ0) is 27.2. The maximum Gasteiger partial charge on any atom is 0.310 e. The molecule has 208 valence electrons. The highest BCUT2D eigenvalue weighted by atomic mass is 16.5. The molecule has 5 heteroatoms. The van der Waals surface area contributed by atoms with E-state index in [1.807, 2.05) is 0 Å². The maximum atomic E-state index is 12.9. The van der Waals surface area contributed by atoms with Crippen LogP contribution in [0.3, 0.4) is 0 Å². The van der Waals surface area contributed by atoms with E-state index < -0.39 is 11.4 Å². The lowest BCUT2D eigenvalue weighted by Crippen LogP contribution is -2.66. The van der Waals surface area contributed by atoms with E-state index in [1.54, 1.807) is 0 Å². The fraction of sp³-hybridized carbons (Fsp3) is 0.875. The van der Waals surface area contributed by atoms with Crippen LogP contribution in [0.4, 0.5) is 0 Å². The predicted octanol–water partition coefficient (Wildman–Crippen LogP) is 6.78. The van der Waals surface area contributed by atoms with Crippen molar-refractivity contribution in [3.63, 3.8) is 0 Å². The van der Waals surface area contributed by atoms with E-state index in [9.17, 15) is 19.8 Å². The quantitative estimate of drug-likeness (QED) is 0.320. The van der Waals surface area contributed by atoms with Crippen LogP contribution < -0.4 is 0 Å². The van der Waals surface area contributed by atoms with Gasteiger partial charge in [-0.2, -0.15) is 0 Å². The first-order valence-corrected chi connectivity index (χ1v) is 14.8. The Labute approximate surface area is 223 Å². The predicted molar refractivity (Wildman–Crippen MR) is 144 cm³/mol. The van der Waals surface area contributed by atoms with Crippen LogP contribution in [-0.4, -0.2) is 34.9 Å². The molecule has 5 aliphatic carbocycles. The monoisotopic (exact) mass is 514 g/mol. The Kier molecular flexibility index (Phi) is 6.12. The molecule has 0 heterocycles. The molecular formula is C32H50O5. The Morgan fingerprint density at radius 1 is 0.946 bits per heavy atom. The minimum absolute atomic E-state index is 0.00835. The molecule has 0 aromatic rings. The average Bonchev–Trinajstić information content (AvgIpc) is 2.79. The highest BCUT2D eigenvalue weighted by Crippen LogP contribution is 2.75. The lowest BCUT2D eigenvalue weighted by molar-refractivity contribution is -0.217. The second-order valence-corrected chi connectivity index (χ2v) is 15.6. The lowest BCUT2D eigenvalue weighted by atomic mass is 9.33. The summed E-state index contributed by atoms with van der Waals surface area (Å²) < 4.78 is 5.94. The molecule has 0 amide bonds. The number of carbonyl (C=O) groups excluding carboxylic acids is 1. The van der Waals surface area contributed by atoms with Crippen molar-refractivity contribution in [1.29, 1.82) is 0 Å². The van der Waals surface area contributed by atoms with Crippen molar-refractivity contribution in [2.45, 2.75) is 119 Å². The maximum absolute atomic E-state index is 12.9. The van der Waals surface area contributed by atoms with Gasteiger partial charge >= 0.3 is 11.9 Å². The van der Waals surface area contributed by atoms with Crippen molar-refractivity contribution < 1.29 is 24.5 Å². The van der Waals surface area contributed by atoms with Crippen LogP contribution in [0.1, 0.15) is 113 Å². The molecule has 37 heavy (non-hydrogen) atoms. The summed E-state index contributed by atoms with van der Waals surface area (Å²) in [5, 5.41) is 21.6. The lowest BCUT2D eigenvalue weighted by Gasteiger charge is -2.71. The fourth-order valence-corrected chi connectivity index (χ4v) is 11.0. The summed E-state index contributed by atoms with van der Waals surface area (Å²) >= 11 is 0. The van der Waals surface area contributed by atoms with Gasteiger partial charge in [0.05, 0.1) is 11.5 Å². The van der Waals surface area contributed by atoms with Gasteiger partial charge in [-0.3, -0.25) is 9.59 Å². The van der Waals surface area contributed by atoms with E-state index in [0.717, 1.165) is 57.8 Å². The van der Waals surface area contributed by atoms with E-state index in [0.29, 0.717) is 24.9 Å². The van der Waals surface area contributed by atoms with E-state index in [4.69, 9.17) is 4.74 Å². The van der Waals surface area contributed by atoms with Crippen LogP contribution in [0.15, 0.2) is 11.6 Å². The van der Waals surface area contributed by atoms with Crippen LogP contribution in [0.25, 0.3) is 0 Å². The number of carboxylic acid groups (broad SMARTS) is 1. The first-order chi connectivity index (χ1) is 17.1. The number of hydrogen-bond donors (Lipinski definition) is 2. The molecule has 0 bridgehead atoms. The van der Waals surface area contributed by atoms with Gasteiger partial charge in [-0.15, -0.1) is 0 Å². The van der Waals surface area contributed by atoms with Gasteiger partial charge in [0.2, 0.25) is 0 Å². The minimum atomic E-state index is -0.706. The van der Waals surface area contributed by atoms with E-state index in [1.165, 1.54) is 12.5 Å². The summed E-state index contributed by atoms with van der Waals surface area (Å²) in [5.41, 5.74) is 0.247. The van der Waals surface area contributed by atoms with Crippen LogP contribution in [0.2, 0.25) is 0 Å². The second-order valence-electron chi connectivity index (χ2n) is 15.6. The zero-order valence-corrected chi connectivity index (χ0v) is 24.3. The van der Waals surface area contributed by atoms with Crippen molar-refractivity contribution >= 4 is 11.9 Å². The molecular weight excluding hydrogens is 464 g/mol. The molecule has 0 radical (unpaired) electrons. The Hall–Kier alpha value is -1.36. The van der Waals surface area contributed by atoms with Gasteiger partial charge in [-0.25, -0.2) is 0 Å². The third-order valence-corrected chi connectivity index (χ3v) is 13.2. The molecule has 4 fully saturated rings. The number of fused-ring (bicyclic) bond motifs is 7. The smallest absolute Gasteiger partial charge is 0.310 e. The largest absolute Gasteiger partial charge is 0.481 e. The number of carboxylic acids is 1. The van der Waals surface area contributed by atoms with Crippen LogP contribution in [-0.2, 0) is 14.3 Å². The summed E-state index contributed by atoms with van der Waals surface area (Å²) in [6, 6.07) is 0. The SMILES string of the molecule is CC(=O)OC[C@@]12CC[C@@]3(C(=O)O)CCC(C)(C)CC3C1=CC[C@@H]1[C@@]3(C)CC[C@H](O)C(C)(C)C3CC[C@]12C. The van der Waals surface area contributed by atoms with Gasteiger partial charge in [0.1, 0.15) is 6.61 Å². The summed E-state index contributed by atoms with van der Waals surface area (Å²) in [6.45, 7) is 15.9. The molecule has 0 spiro atoms. The molecule has 0 aliphatic heterocycles. The third kappa shape index (κ3) is 3.57. The van der Waals surface area contributed by atoms with Crippen molar-refractivity contribution in [3.05, 3.63) is 11.6 Å². The van der Waals surface area contributed by atoms with Gasteiger partial charge < -0.3 is 14.9 Å². The number of aliphatic hydroxyl groups excluding tert-OH is 1. The van der Waals surface area contributed by atoms with E-state index in [-0.39, 0.29) is 45.1 Å². The average molecular weight is 515 g/mol. The van der Waals surface area contributed by atoms with Gasteiger partial charge in [0.15, 0.2) is 0 Å². The molecule has 8 atom stereocenters. The number of hydrogen-bond acceptors (Lipinski definition) is 4. The van der Waals surface area contributed by atoms with Crippen LogP contribution >= 0.6 is 0 Å². The van der Waals surface area contributed by atoms with Crippen molar-refractivity contribution in [2.75, 3.05) is 6.61 Å². The van der Waals surface area contributed by atoms with E-state index in [2.05, 4.69) is 47.6 Å². The second kappa shape index (κ2) is 8.32. The Bertz CT molecular complexity index is 1010. The van der Waals surface area contributed by atoms with E-state index >= 15 is 0 Å². The standard InChI is InChI=1S/C32H50O5/c1-20(33)37-19-32-17-16-31(26(35)36)15-14-27(2,3)18-22(31)21(32)8-9-24-29(6)12-11-25(34)28(4,5)23(29)10-13-30(24,32)7/h8,22-25,34H,9-19H2,1-7H3,(H,35,36)/t22?,23?,24-,25+,29+,30-,31+,32+/m1/s1. The zero-order valence-electron chi connectivity index (χ0n) is 24.3. The fourth-order valence-electron chi connectivity index (χ4n) is 11.0. The van der Waals surface area contributed by atoms with Crippen molar-refractivity contribution in [1.82, 2.24) is 0 Å². The number of rotatable bonds is 3. The molecule has 2 unspecified atom stereocenters. The topological polar surface area (TPSA) is 83.8 Å². The number of carbonyl (C=O) groups is 2. The Morgan fingerprint density at radius 3 is 2.27 bits per heavy atom. The number of allylic oxidation sites excluding steroid dienone is 1. The van der Waals surface area contributed by atoms with Crippen LogP contribution in [0, 0.1) is 50.2 Å². The van der Waals surface area contributed by atoms with Crippen molar-refractivity contribution in [3.8, 4) is 0 Å². The third-order valence-electron chi connectivity index (χ3n) is 13.2. The molecule has 2 N–H and O–H groups in total. The molecule has 5 nitrogen and oxygen atoms in total. The molecule has 0 aromatic heterocycles. The van der Waals surface area contributed by atoms with Crippen LogP contribution in [0.5, 0.6) is 0 Å². The summed E-state index contributed by atoms with van der Waals surface area (Å²) in [6.07, 6.45) is 11.1.